The molecule has 0 spiro atoms. The molecular weight excluding hydrogens is 214 g/mol. The molecule has 92 valence electrons. The third kappa shape index (κ3) is 3.95. The van der Waals surface area contributed by atoms with Crippen molar-refractivity contribution >= 4 is 5.78 Å². The average molecular weight is 233 g/mol. The lowest BCUT2D eigenvalue weighted by Gasteiger charge is -2.14. The number of hydrogen-bond acceptors (Lipinski definition) is 3. The Morgan fingerprint density at radius 2 is 2.18 bits per heavy atom. The highest BCUT2D eigenvalue weighted by molar-refractivity contribution is 5.77. The summed E-state index contributed by atoms with van der Waals surface area (Å²) >= 11 is 0. The van der Waals surface area contributed by atoms with Crippen LogP contribution in [-0.4, -0.2) is 36.4 Å². The van der Waals surface area contributed by atoms with Gasteiger partial charge in [-0.25, -0.2) is 0 Å². The van der Waals surface area contributed by atoms with Crippen molar-refractivity contribution in [2.45, 2.75) is 26.1 Å². The van der Waals surface area contributed by atoms with E-state index in [4.69, 9.17) is 4.74 Å². The molecule has 0 aliphatic carbocycles. The lowest BCUT2D eigenvalue weighted by molar-refractivity contribution is -0.118. The number of nitrogens with zero attached hydrogens (tertiary/aromatic N) is 1. The molecule has 1 atom stereocenters. The number of likely N-dealkylation sites (tertiary alicyclic amines) is 1. The van der Waals surface area contributed by atoms with Gasteiger partial charge in [0.15, 0.2) is 0 Å². The van der Waals surface area contributed by atoms with Crippen molar-refractivity contribution < 1.29 is 9.53 Å². The fourth-order valence-electron chi connectivity index (χ4n) is 2.18. The van der Waals surface area contributed by atoms with E-state index in [-0.39, 0.29) is 11.9 Å². The second-order valence-electron chi connectivity index (χ2n) is 4.64. The molecule has 1 aliphatic rings. The van der Waals surface area contributed by atoms with Crippen LogP contribution < -0.4 is 0 Å². The Labute approximate surface area is 102 Å². The zero-order chi connectivity index (χ0) is 12.1. The first-order valence-corrected chi connectivity index (χ1v) is 6.11. The van der Waals surface area contributed by atoms with Crippen molar-refractivity contribution in [3.63, 3.8) is 0 Å². The van der Waals surface area contributed by atoms with Crippen LogP contribution >= 0.6 is 0 Å². The first-order chi connectivity index (χ1) is 8.24. The summed E-state index contributed by atoms with van der Waals surface area (Å²) in [7, 11) is 0. The van der Waals surface area contributed by atoms with Gasteiger partial charge in [-0.2, -0.15) is 0 Å². The van der Waals surface area contributed by atoms with E-state index < -0.39 is 0 Å². The maximum atomic E-state index is 11.0. The zero-order valence-electron chi connectivity index (χ0n) is 10.3. The highest BCUT2D eigenvalue weighted by atomic mass is 16.5. The topological polar surface area (TPSA) is 29.5 Å². The molecule has 0 radical (unpaired) electrons. The predicted octanol–water partition coefficient (Wildman–Crippen LogP) is 1.87. The van der Waals surface area contributed by atoms with Crippen LogP contribution in [0.4, 0.5) is 0 Å². The number of ether oxygens (including phenoxy) is 1. The third-order valence-electron chi connectivity index (χ3n) is 3.00. The molecule has 1 unspecified atom stereocenters. The smallest absolute Gasteiger partial charge is 0.143 e. The van der Waals surface area contributed by atoms with Gasteiger partial charge in [0.1, 0.15) is 5.78 Å². The van der Waals surface area contributed by atoms with Crippen LogP contribution in [0.25, 0.3) is 0 Å². The molecule has 1 aromatic rings. The minimum Gasteiger partial charge on any atom is -0.372 e. The molecule has 3 heteroatoms. The number of hydrogen-bond donors (Lipinski definition) is 0. The quantitative estimate of drug-likeness (QED) is 0.777. The van der Waals surface area contributed by atoms with Gasteiger partial charge in [0.2, 0.25) is 0 Å². The molecule has 3 nitrogen and oxygen atoms in total. The minimum absolute atomic E-state index is 0.230. The van der Waals surface area contributed by atoms with E-state index in [1.807, 2.05) is 18.2 Å². The van der Waals surface area contributed by atoms with Gasteiger partial charge in [0, 0.05) is 13.1 Å². The summed E-state index contributed by atoms with van der Waals surface area (Å²) < 4.78 is 5.85. The van der Waals surface area contributed by atoms with E-state index in [0.29, 0.717) is 13.2 Å². The van der Waals surface area contributed by atoms with E-state index in [0.717, 1.165) is 19.5 Å². The molecule has 0 aromatic heterocycles. The standard InChI is InChI=1S/C14H19NO2/c1-12(16)9-15-8-7-14(10-15)17-11-13-5-3-2-4-6-13/h2-6,14H,7-11H2,1H3. The Balaban J connectivity index is 1.73. The molecule has 0 amide bonds. The Morgan fingerprint density at radius 3 is 2.88 bits per heavy atom. The highest BCUT2D eigenvalue weighted by Gasteiger charge is 2.23. The normalized spacial score (nSPS) is 20.6. The Hall–Kier alpha value is -1.19. The number of benzene rings is 1. The van der Waals surface area contributed by atoms with Crippen molar-refractivity contribution in [3.8, 4) is 0 Å². The summed E-state index contributed by atoms with van der Waals surface area (Å²) in [5, 5.41) is 0. The van der Waals surface area contributed by atoms with Gasteiger partial charge in [-0.05, 0) is 18.9 Å². The average Bonchev–Trinajstić information content (AvgIpc) is 2.75. The summed E-state index contributed by atoms with van der Waals surface area (Å²) in [5.41, 5.74) is 1.21. The van der Waals surface area contributed by atoms with Crippen molar-refractivity contribution in [1.29, 1.82) is 0 Å². The molecule has 17 heavy (non-hydrogen) atoms. The van der Waals surface area contributed by atoms with Gasteiger partial charge in [0.25, 0.3) is 0 Å². The maximum Gasteiger partial charge on any atom is 0.143 e. The number of carbonyl (C=O) groups is 1. The fraction of sp³-hybridized carbons (Fsp3) is 0.500. The van der Waals surface area contributed by atoms with Crippen molar-refractivity contribution in [2.24, 2.45) is 0 Å². The van der Waals surface area contributed by atoms with Crippen molar-refractivity contribution in [2.75, 3.05) is 19.6 Å². The largest absolute Gasteiger partial charge is 0.372 e. The highest BCUT2D eigenvalue weighted by Crippen LogP contribution is 2.14. The van der Waals surface area contributed by atoms with E-state index >= 15 is 0 Å². The van der Waals surface area contributed by atoms with Crippen LogP contribution in [0.2, 0.25) is 0 Å². The van der Waals surface area contributed by atoms with Crippen LogP contribution in [0.1, 0.15) is 18.9 Å². The monoisotopic (exact) mass is 233 g/mol. The summed E-state index contributed by atoms with van der Waals surface area (Å²) in [5.74, 6) is 0.230. The molecule has 2 rings (SSSR count). The van der Waals surface area contributed by atoms with E-state index in [1.54, 1.807) is 6.92 Å². The van der Waals surface area contributed by atoms with Crippen LogP contribution in [0, 0.1) is 0 Å². The Bertz CT molecular complexity index is 364. The summed E-state index contributed by atoms with van der Waals surface area (Å²) in [6.45, 7) is 4.72. The van der Waals surface area contributed by atoms with Crippen molar-refractivity contribution in [3.05, 3.63) is 35.9 Å². The molecule has 0 saturated carbocycles. The van der Waals surface area contributed by atoms with Crippen molar-refractivity contribution in [1.82, 2.24) is 4.90 Å². The van der Waals surface area contributed by atoms with Gasteiger partial charge in [-0.15, -0.1) is 0 Å². The van der Waals surface area contributed by atoms with E-state index in [9.17, 15) is 4.79 Å². The van der Waals surface area contributed by atoms with Gasteiger partial charge in [0.05, 0.1) is 19.3 Å². The number of carbonyl (C=O) groups excluding carboxylic acids is 1. The third-order valence-corrected chi connectivity index (χ3v) is 3.00. The van der Waals surface area contributed by atoms with Crippen LogP contribution in [-0.2, 0) is 16.1 Å². The van der Waals surface area contributed by atoms with Gasteiger partial charge >= 0.3 is 0 Å². The second-order valence-corrected chi connectivity index (χ2v) is 4.64. The number of rotatable bonds is 5. The van der Waals surface area contributed by atoms with Crippen LogP contribution in [0.15, 0.2) is 30.3 Å². The summed E-state index contributed by atoms with van der Waals surface area (Å²) in [6.07, 6.45) is 1.30. The molecule has 0 bridgehead atoms. The fourth-order valence-corrected chi connectivity index (χ4v) is 2.18. The molecule has 1 saturated heterocycles. The van der Waals surface area contributed by atoms with E-state index in [1.165, 1.54) is 5.56 Å². The second kappa shape index (κ2) is 5.94. The maximum absolute atomic E-state index is 11.0. The van der Waals surface area contributed by atoms with Gasteiger partial charge in [-0.3, -0.25) is 9.69 Å². The molecule has 1 aliphatic heterocycles. The first kappa shape index (κ1) is 12.3. The van der Waals surface area contributed by atoms with E-state index in [2.05, 4.69) is 17.0 Å². The SMILES string of the molecule is CC(=O)CN1CCC(OCc2ccccc2)C1. The lowest BCUT2D eigenvalue weighted by Crippen LogP contribution is -2.27. The zero-order valence-corrected chi connectivity index (χ0v) is 10.3. The molecule has 0 N–H and O–H groups in total. The molecule has 1 fully saturated rings. The summed E-state index contributed by atoms with van der Waals surface area (Å²) in [4.78, 5) is 13.2. The predicted molar refractivity (Wildman–Crippen MR) is 66.8 cm³/mol. The molecule has 1 heterocycles. The van der Waals surface area contributed by atoms with Crippen LogP contribution in [0.3, 0.4) is 0 Å². The van der Waals surface area contributed by atoms with Gasteiger partial charge < -0.3 is 4.74 Å². The summed E-state index contributed by atoms with van der Waals surface area (Å²) in [6, 6.07) is 10.2. The first-order valence-electron chi connectivity index (χ1n) is 6.11. The molecule has 1 aromatic carbocycles. The van der Waals surface area contributed by atoms with Gasteiger partial charge in [-0.1, -0.05) is 30.3 Å². The Morgan fingerprint density at radius 1 is 1.41 bits per heavy atom. The molecular formula is C14H19NO2. The number of Topliss-reactive ketones (excluding diaryl/α,β-unsaturated/α-hetero) is 1. The number of ketones is 1. The van der Waals surface area contributed by atoms with Crippen LogP contribution in [0.5, 0.6) is 0 Å². The Kier molecular flexibility index (Phi) is 4.29. The minimum atomic E-state index is 0.230. The lowest BCUT2D eigenvalue weighted by atomic mass is 10.2.